The summed E-state index contributed by atoms with van der Waals surface area (Å²) in [5.74, 6) is -3.06. The van der Waals surface area contributed by atoms with Crippen molar-refractivity contribution in [2.24, 2.45) is 17.6 Å². The molecule has 364 valence electrons. The average Bonchev–Trinajstić information content (AvgIpc) is 3.52. The fourth-order valence-electron chi connectivity index (χ4n) is 7.27. The van der Waals surface area contributed by atoms with E-state index in [1.165, 1.54) is 51.4 Å². The first kappa shape index (κ1) is 58.3. The van der Waals surface area contributed by atoms with E-state index >= 15 is 0 Å². The number of aliphatic carboxylic acids is 1. The van der Waals surface area contributed by atoms with E-state index in [1.807, 2.05) is 18.2 Å². The maximum Gasteiger partial charge on any atom is 0.472 e. The Kier molecular flexibility index (Phi) is 34.8. The Balaban J connectivity index is 2.45. The lowest BCUT2D eigenvalue weighted by Crippen LogP contribution is -2.34. The molecule has 1 fully saturated rings. The normalized spacial score (nSPS) is 20.5. The lowest BCUT2D eigenvalue weighted by molar-refractivity contribution is -0.161. The third-order valence-electron chi connectivity index (χ3n) is 11.1. The van der Waals surface area contributed by atoms with E-state index in [0.29, 0.717) is 32.1 Å². The van der Waals surface area contributed by atoms with Gasteiger partial charge in [0, 0.05) is 25.2 Å². The molecule has 0 heterocycles. The number of aliphatic hydroxyl groups excluding tert-OH is 3. The van der Waals surface area contributed by atoms with Crippen molar-refractivity contribution in [1.29, 1.82) is 0 Å². The van der Waals surface area contributed by atoms with E-state index in [9.17, 15) is 39.2 Å². The molecule has 7 N–H and O–H groups in total. The van der Waals surface area contributed by atoms with Gasteiger partial charge in [-0.15, -0.1) is 0 Å². The first-order valence-electron chi connectivity index (χ1n) is 23.9. The number of aliphatic hydroxyl groups is 3. The molecule has 1 unspecified atom stereocenters. The molecule has 15 heteroatoms. The highest BCUT2D eigenvalue weighted by molar-refractivity contribution is 7.47. The van der Waals surface area contributed by atoms with Crippen LogP contribution in [-0.2, 0) is 37.5 Å². The smallest absolute Gasteiger partial charge is 0.472 e. The Labute approximate surface area is 378 Å². The number of hydrogen-bond acceptors (Lipinski definition) is 12. The van der Waals surface area contributed by atoms with Gasteiger partial charge in [0.25, 0.3) is 0 Å². The number of carbonyl (C=O) groups excluding carboxylic acids is 2. The van der Waals surface area contributed by atoms with E-state index in [1.54, 1.807) is 6.08 Å². The molecule has 0 radical (unpaired) electrons. The molecule has 63 heavy (non-hydrogen) atoms. The highest BCUT2D eigenvalue weighted by Crippen LogP contribution is 2.43. The minimum Gasteiger partial charge on any atom is -0.480 e. The molecule has 0 saturated heterocycles. The molecule has 1 aliphatic rings. The Morgan fingerprint density at radius 1 is 0.698 bits per heavy atom. The number of carbonyl (C=O) groups is 3. The van der Waals surface area contributed by atoms with E-state index in [4.69, 9.17) is 24.8 Å². The second-order valence-electron chi connectivity index (χ2n) is 16.9. The molecule has 8 atom stereocenters. The second kappa shape index (κ2) is 37.5. The second-order valence-corrected chi connectivity index (χ2v) is 18.3. The number of ether oxygens (including phenoxy) is 2. The van der Waals surface area contributed by atoms with Crippen LogP contribution < -0.4 is 5.73 Å². The highest BCUT2D eigenvalue weighted by atomic mass is 31.2. The predicted molar refractivity (Wildman–Crippen MR) is 247 cm³/mol. The summed E-state index contributed by atoms with van der Waals surface area (Å²) >= 11 is 0. The van der Waals surface area contributed by atoms with Gasteiger partial charge in [-0.2, -0.15) is 0 Å². The van der Waals surface area contributed by atoms with Gasteiger partial charge >= 0.3 is 25.7 Å². The molecule has 0 aromatic rings. The number of esters is 2. The Hall–Kier alpha value is -2.68. The quantitative estimate of drug-likeness (QED) is 0.0146. The van der Waals surface area contributed by atoms with Crippen LogP contribution in [0.2, 0.25) is 0 Å². The number of carboxylic acids is 1. The molecule has 0 aromatic heterocycles. The number of allylic oxidation sites excluding steroid dienone is 6. The van der Waals surface area contributed by atoms with Crippen molar-refractivity contribution >= 4 is 25.7 Å². The third kappa shape index (κ3) is 31.8. The number of carboxylic acid groups (broad SMARTS) is 1. The number of phosphoric acid groups is 1. The van der Waals surface area contributed by atoms with E-state index < -0.39 is 76.0 Å². The Bertz CT molecular complexity index is 1370. The SMILES string of the molecule is CCCCC/C=C\C/C=C\CCCCCCCCCCCC(=O)O[C@H](COC(=O)CCC/C=C/C[C@@H]1[C@@H](/C=C/[C@@H](O)CCCCC)[C@H](O)C[C@@H]1O)COP(=O)(O)OC[C@H](N)C(=O)O. The maximum absolute atomic E-state index is 12.7. The summed E-state index contributed by atoms with van der Waals surface area (Å²) in [4.78, 5) is 46.3. The standard InChI is InChI=1S/C48H84NO13P/c1-3-5-7-8-9-10-11-12-13-14-15-16-17-18-19-20-21-22-28-32-47(54)62-40(37-60-63(57,58)61-38-43(49)48(55)56)36-59-46(53)31-27-24-23-26-30-41-42(45(52)35-44(41)51)34-33-39(50)29-25-6-4-2/h9-10,12-13,23,26,33-34,39-45,50-52H,3-8,11,14-22,24-25,27-32,35-38,49H2,1-2H3,(H,55,56)(H,57,58)/b10-9-,13-12-,26-23+,34-33+/t39-,40+,41+,42+,43-,44-,45+/m0/s1. The largest absolute Gasteiger partial charge is 0.480 e. The van der Waals surface area contributed by atoms with Crippen molar-refractivity contribution in [1.82, 2.24) is 0 Å². The highest BCUT2D eigenvalue weighted by Gasteiger charge is 2.39. The van der Waals surface area contributed by atoms with Crippen LogP contribution in [-0.4, -0.2) is 93.5 Å². The van der Waals surface area contributed by atoms with Gasteiger partial charge in [0.2, 0.25) is 0 Å². The molecule has 0 aliphatic heterocycles. The monoisotopic (exact) mass is 914 g/mol. The lowest BCUT2D eigenvalue weighted by Gasteiger charge is -2.20. The number of unbranched alkanes of at least 4 members (excludes halogenated alkanes) is 15. The van der Waals surface area contributed by atoms with Crippen LogP contribution in [0.1, 0.15) is 174 Å². The first-order chi connectivity index (χ1) is 30.3. The van der Waals surface area contributed by atoms with Crippen molar-refractivity contribution in [3.05, 3.63) is 48.6 Å². The number of phosphoric ester groups is 1. The van der Waals surface area contributed by atoms with Crippen molar-refractivity contribution in [3.8, 4) is 0 Å². The van der Waals surface area contributed by atoms with Crippen molar-refractivity contribution in [2.75, 3.05) is 19.8 Å². The summed E-state index contributed by atoms with van der Waals surface area (Å²) in [7, 11) is -4.78. The molecule has 0 bridgehead atoms. The summed E-state index contributed by atoms with van der Waals surface area (Å²) in [6.07, 6.45) is 35.5. The van der Waals surface area contributed by atoms with Crippen LogP contribution >= 0.6 is 7.82 Å². The molecule has 1 rings (SSSR count). The lowest BCUT2D eigenvalue weighted by atomic mass is 9.89. The van der Waals surface area contributed by atoms with Gasteiger partial charge in [0.1, 0.15) is 12.6 Å². The van der Waals surface area contributed by atoms with Crippen LogP contribution in [0.15, 0.2) is 48.6 Å². The fraction of sp³-hybridized carbons (Fsp3) is 0.771. The van der Waals surface area contributed by atoms with Gasteiger partial charge in [-0.3, -0.25) is 23.4 Å². The minimum absolute atomic E-state index is 0.0430. The van der Waals surface area contributed by atoms with Gasteiger partial charge < -0.3 is 40.5 Å². The van der Waals surface area contributed by atoms with Crippen LogP contribution in [0.3, 0.4) is 0 Å². The summed E-state index contributed by atoms with van der Waals surface area (Å²) < 4.78 is 32.7. The zero-order valence-corrected chi connectivity index (χ0v) is 39.4. The number of nitrogens with two attached hydrogens (primary N) is 1. The molecule has 0 spiro atoms. The van der Waals surface area contributed by atoms with Gasteiger partial charge in [-0.25, -0.2) is 4.57 Å². The Morgan fingerprint density at radius 2 is 1.25 bits per heavy atom. The van der Waals surface area contributed by atoms with E-state index in [0.717, 1.165) is 57.8 Å². The van der Waals surface area contributed by atoms with Crippen LogP contribution in [0.25, 0.3) is 0 Å². The summed E-state index contributed by atoms with van der Waals surface area (Å²) in [5, 5.41) is 40.2. The summed E-state index contributed by atoms with van der Waals surface area (Å²) in [6, 6.07) is -1.56. The third-order valence-corrected chi connectivity index (χ3v) is 12.1. The summed E-state index contributed by atoms with van der Waals surface area (Å²) in [6.45, 7) is 2.44. The number of rotatable bonds is 40. The van der Waals surface area contributed by atoms with Gasteiger partial charge in [0.05, 0.1) is 31.5 Å². The average molecular weight is 914 g/mol. The molecular formula is C48H84NO13P. The first-order valence-corrected chi connectivity index (χ1v) is 25.4. The zero-order chi connectivity index (χ0) is 46.6. The summed E-state index contributed by atoms with van der Waals surface area (Å²) in [5.41, 5.74) is 5.34. The van der Waals surface area contributed by atoms with E-state index in [2.05, 4.69) is 42.7 Å². The molecule has 0 aromatic carbocycles. The van der Waals surface area contributed by atoms with Gasteiger partial charge in [-0.1, -0.05) is 140 Å². The molecule has 1 aliphatic carbocycles. The fourth-order valence-corrected chi connectivity index (χ4v) is 8.04. The zero-order valence-electron chi connectivity index (χ0n) is 38.5. The molecule has 1 saturated carbocycles. The van der Waals surface area contributed by atoms with Crippen molar-refractivity contribution in [2.45, 2.75) is 205 Å². The predicted octanol–water partition coefficient (Wildman–Crippen LogP) is 9.33. The number of hydrogen-bond donors (Lipinski definition) is 6. The van der Waals surface area contributed by atoms with Crippen LogP contribution in [0.5, 0.6) is 0 Å². The molecule has 14 nitrogen and oxygen atoms in total. The molecule has 0 amide bonds. The van der Waals surface area contributed by atoms with Gasteiger partial charge in [-0.05, 0) is 70.1 Å². The minimum atomic E-state index is -4.78. The van der Waals surface area contributed by atoms with Gasteiger partial charge in [0.15, 0.2) is 6.10 Å². The topological polar surface area (TPSA) is 232 Å². The van der Waals surface area contributed by atoms with E-state index in [-0.39, 0.29) is 31.1 Å². The van der Waals surface area contributed by atoms with Crippen molar-refractivity contribution in [3.63, 3.8) is 0 Å². The van der Waals surface area contributed by atoms with Crippen LogP contribution in [0, 0.1) is 11.8 Å². The van der Waals surface area contributed by atoms with Crippen LogP contribution in [0.4, 0.5) is 0 Å². The maximum atomic E-state index is 12.7. The molecular weight excluding hydrogens is 829 g/mol. The Morgan fingerprint density at radius 3 is 1.90 bits per heavy atom. The van der Waals surface area contributed by atoms with Crippen molar-refractivity contribution < 1.29 is 62.8 Å².